The van der Waals surface area contributed by atoms with Crippen LogP contribution in [-0.2, 0) is 6.42 Å². The lowest BCUT2D eigenvalue weighted by molar-refractivity contribution is 0.262. The fourth-order valence-corrected chi connectivity index (χ4v) is 2.11. The molecule has 5 nitrogen and oxygen atoms in total. The fraction of sp³-hybridized carbons (Fsp3) is 0.143. The van der Waals surface area contributed by atoms with Crippen LogP contribution in [0.1, 0.15) is 5.56 Å². The van der Waals surface area contributed by atoms with E-state index in [2.05, 4.69) is 31.5 Å². The first-order valence-corrected chi connectivity index (χ1v) is 6.86. The van der Waals surface area contributed by atoms with E-state index in [0.717, 1.165) is 5.56 Å². The summed E-state index contributed by atoms with van der Waals surface area (Å²) in [6.45, 7) is 0.0393. The van der Waals surface area contributed by atoms with Crippen LogP contribution in [0.3, 0.4) is 0 Å². The number of halogens is 1. The minimum atomic E-state index is -0.339. The van der Waals surface area contributed by atoms with Crippen LogP contribution in [0.5, 0.6) is 0 Å². The number of nitrogens with zero attached hydrogens (tertiary/aromatic N) is 1. The number of carbonyl (C=O) groups excluding carboxylic acids is 1. The number of urea groups is 1. The minimum Gasteiger partial charge on any atom is -0.396 e. The standard InChI is InChI=1S/C14H14BrN3O2/c15-13-9-11(5-7-16-13)17-14(20)18-12-4-2-1-3-10(12)6-8-19/h1-5,7,9,19H,6,8H2,(H2,16,17,18,20). The molecule has 2 amide bonds. The molecule has 6 heteroatoms. The summed E-state index contributed by atoms with van der Waals surface area (Å²) < 4.78 is 0.649. The van der Waals surface area contributed by atoms with Crippen LogP contribution in [0.2, 0.25) is 0 Å². The van der Waals surface area contributed by atoms with Gasteiger partial charge >= 0.3 is 6.03 Å². The highest BCUT2D eigenvalue weighted by molar-refractivity contribution is 9.10. The Morgan fingerprint density at radius 2 is 2.05 bits per heavy atom. The van der Waals surface area contributed by atoms with Crippen molar-refractivity contribution >= 4 is 33.3 Å². The number of aliphatic hydroxyl groups excluding tert-OH is 1. The average molecular weight is 336 g/mol. The van der Waals surface area contributed by atoms with E-state index in [1.165, 1.54) is 0 Å². The highest BCUT2D eigenvalue weighted by Crippen LogP contribution is 2.17. The van der Waals surface area contributed by atoms with Gasteiger partial charge < -0.3 is 15.7 Å². The van der Waals surface area contributed by atoms with E-state index in [9.17, 15) is 4.79 Å². The molecule has 0 saturated heterocycles. The second kappa shape index (κ2) is 7.02. The van der Waals surface area contributed by atoms with Gasteiger partial charge in [-0.15, -0.1) is 0 Å². The van der Waals surface area contributed by atoms with Gasteiger partial charge in [-0.2, -0.15) is 0 Å². The first-order chi connectivity index (χ1) is 9.69. The molecule has 1 aromatic carbocycles. The second-order valence-electron chi connectivity index (χ2n) is 4.08. The molecular formula is C14H14BrN3O2. The van der Waals surface area contributed by atoms with Crippen molar-refractivity contribution in [1.82, 2.24) is 4.98 Å². The van der Waals surface area contributed by atoms with E-state index in [1.807, 2.05) is 18.2 Å². The van der Waals surface area contributed by atoms with Crippen LogP contribution >= 0.6 is 15.9 Å². The third kappa shape index (κ3) is 4.04. The molecule has 0 fully saturated rings. The summed E-state index contributed by atoms with van der Waals surface area (Å²) in [5, 5.41) is 14.5. The number of aliphatic hydroxyl groups is 1. The Labute approximate surface area is 125 Å². The molecule has 0 aliphatic rings. The predicted octanol–water partition coefficient (Wildman–Crippen LogP) is 3.02. The number of pyridine rings is 1. The summed E-state index contributed by atoms with van der Waals surface area (Å²) in [6.07, 6.45) is 2.09. The number of carbonyl (C=O) groups is 1. The number of hydrogen-bond donors (Lipinski definition) is 3. The van der Waals surface area contributed by atoms with Gasteiger partial charge in [-0.05, 0) is 46.1 Å². The Morgan fingerprint density at radius 1 is 1.25 bits per heavy atom. The summed E-state index contributed by atoms with van der Waals surface area (Å²) in [5.41, 5.74) is 2.22. The Hall–Kier alpha value is -1.92. The van der Waals surface area contributed by atoms with Crippen molar-refractivity contribution in [2.24, 2.45) is 0 Å². The molecule has 0 saturated carbocycles. The van der Waals surface area contributed by atoms with Crippen molar-refractivity contribution in [1.29, 1.82) is 0 Å². The van der Waals surface area contributed by atoms with E-state index in [4.69, 9.17) is 5.11 Å². The molecule has 2 aromatic rings. The van der Waals surface area contributed by atoms with Crippen molar-refractivity contribution in [3.63, 3.8) is 0 Å². The maximum absolute atomic E-state index is 11.9. The highest BCUT2D eigenvalue weighted by Gasteiger charge is 2.06. The third-order valence-corrected chi connectivity index (χ3v) is 3.06. The van der Waals surface area contributed by atoms with Crippen molar-refractivity contribution in [3.8, 4) is 0 Å². The quantitative estimate of drug-likeness (QED) is 0.752. The van der Waals surface area contributed by atoms with E-state index in [0.29, 0.717) is 22.4 Å². The third-order valence-electron chi connectivity index (χ3n) is 2.63. The highest BCUT2D eigenvalue weighted by atomic mass is 79.9. The number of para-hydroxylation sites is 1. The van der Waals surface area contributed by atoms with Crippen LogP contribution < -0.4 is 10.6 Å². The van der Waals surface area contributed by atoms with Gasteiger partial charge in [0.15, 0.2) is 0 Å². The predicted molar refractivity (Wildman–Crippen MR) is 81.8 cm³/mol. The number of aromatic nitrogens is 1. The summed E-state index contributed by atoms with van der Waals surface area (Å²) in [4.78, 5) is 15.9. The van der Waals surface area contributed by atoms with Crippen LogP contribution in [-0.4, -0.2) is 22.7 Å². The molecule has 1 heterocycles. The number of rotatable bonds is 4. The van der Waals surface area contributed by atoms with Crippen molar-refractivity contribution in [3.05, 3.63) is 52.8 Å². The lowest BCUT2D eigenvalue weighted by atomic mass is 10.1. The maximum Gasteiger partial charge on any atom is 0.323 e. The van der Waals surface area contributed by atoms with Crippen molar-refractivity contribution in [2.75, 3.05) is 17.2 Å². The molecule has 0 radical (unpaired) electrons. The van der Waals surface area contributed by atoms with Gasteiger partial charge in [0, 0.05) is 24.2 Å². The first kappa shape index (κ1) is 14.5. The molecule has 0 bridgehead atoms. The van der Waals surface area contributed by atoms with Gasteiger partial charge in [-0.3, -0.25) is 0 Å². The molecule has 0 unspecified atom stereocenters. The molecule has 3 N–H and O–H groups in total. The van der Waals surface area contributed by atoms with Crippen LogP contribution in [0.15, 0.2) is 47.2 Å². The normalized spacial score (nSPS) is 10.1. The molecule has 0 aliphatic carbocycles. The van der Waals surface area contributed by atoms with Gasteiger partial charge in [-0.1, -0.05) is 18.2 Å². The SMILES string of the molecule is O=C(Nc1ccnc(Br)c1)Nc1ccccc1CCO. The summed E-state index contributed by atoms with van der Waals surface area (Å²) in [5.74, 6) is 0. The minimum absolute atomic E-state index is 0.0393. The zero-order valence-electron chi connectivity index (χ0n) is 10.6. The van der Waals surface area contributed by atoms with E-state index >= 15 is 0 Å². The molecule has 20 heavy (non-hydrogen) atoms. The number of benzene rings is 1. The molecule has 0 spiro atoms. The number of nitrogens with one attached hydrogen (secondary N) is 2. The van der Waals surface area contributed by atoms with Crippen LogP contribution in [0.25, 0.3) is 0 Å². The summed E-state index contributed by atoms with van der Waals surface area (Å²) in [7, 11) is 0. The topological polar surface area (TPSA) is 74.2 Å². The largest absolute Gasteiger partial charge is 0.396 e. The molecular weight excluding hydrogens is 322 g/mol. The van der Waals surface area contributed by atoms with Crippen molar-refractivity contribution < 1.29 is 9.90 Å². The monoisotopic (exact) mass is 335 g/mol. The van der Waals surface area contributed by atoms with Crippen LogP contribution in [0.4, 0.5) is 16.2 Å². The smallest absolute Gasteiger partial charge is 0.323 e. The molecule has 104 valence electrons. The van der Waals surface area contributed by atoms with E-state index in [-0.39, 0.29) is 12.6 Å². The van der Waals surface area contributed by atoms with Gasteiger partial charge in [0.1, 0.15) is 4.60 Å². The van der Waals surface area contributed by atoms with Gasteiger partial charge in [0.05, 0.1) is 0 Å². The summed E-state index contributed by atoms with van der Waals surface area (Å²) in [6, 6.07) is 10.4. The Bertz CT molecular complexity index is 604. The molecule has 2 rings (SSSR count). The molecule has 0 aliphatic heterocycles. The van der Waals surface area contributed by atoms with Gasteiger partial charge in [0.2, 0.25) is 0 Å². The Balaban J connectivity index is 2.05. The summed E-state index contributed by atoms with van der Waals surface area (Å²) >= 11 is 3.24. The number of anilines is 2. The van der Waals surface area contributed by atoms with E-state index < -0.39 is 0 Å². The number of amides is 2. The first-order valence-electron chi connectivity index (χ1n) is 6.07. The maximum atomic E-state index is 11.9. The lowest BCUT2D eigenvalue weighted by Gasteiger charge is -2.11. The molecule has 0 atom stereocenters. The Morgan fingerprint density at radius 3 is 2.80 bits per heavy atom. The lowest BCUT2D eigenvalue weighted by Crippen LogP contribution is -2.20. The van der Waals surface area contributed by atoms with Crippen LogP contribution in [0, 0.1) is 0 Å². The average Bonchev–Trinajstić information content (AvgIpc) is 2.41. The second-order valence-corrected chi connectivity index (χ2v) is 4.89. The number of hydrogen-bond acceptors (Lipinski definition) is 3. The fourth-order valence-electron chi connectivity index (χ4n) is 1.75. The van der Waals surface area contributed by atoms with E-state index in [1.54, 1.807) is 24.4 Å². The van der Waals surface area contributed by atoms with Gasteiger partial charge in [0.25, 0.3) is 0 Å². The molecule has 1 aromatic heterocycles. The Kier molecular flexibility index (Phi) is 5.09. The van der Waals surface area contributed by atoms with Gasteiger partial charge in [-0.25, -0.2) is 9.78 Å². The zero-order chi connectivity index (χ0) is 14.4. The van der Waals surface area contributed by atoms with Crippen molar-refractivity contribution in [2.45, 2.75) is 6.42 Å². The zero-order valence-corrected chi connectivity index (χ0v) is 12.2.